The van der Waals surface area contributed by atoms with Crippen LogP contribution in [0.15, 0.2) is 72.9 Å². The van der Waals surface area contributed by atoms with Crippen LogP contribution in [-0.4, -0.2) is 16.8 Å². The molecule has 4 nitrogen and oxygen atoms in total. The molecule has 0 N–H and O–H groups in total. The van der Waals surface area contributed by atoms with Crippen molar-refractivity contribution in [3.05, 3.63) is 105 Å². The van der Waals surface area contributed by atoms with Crippen LogP contribution in [0.2, 0.25) is 10.0 Å². The molecule has 3 aromatic carbocycles. The Labute approximate surface area is 199 Å². The lowest BCUT2D eigenvalue weighted by Crippen LogP contribution is -2.17. The summed E-state index contributed by atoms with van der Waals surface area (Å²) in [6, 6.07) is 22.0. The zero-order chi connectivity index (χ0) is 22.7. The van der Waals surface area contributed by atoms with Gasteiger partial charge in [-0.3, -0.25) is 0 Å². The molecule has 0 radical (unpaired) electrons. The fraction of sp³-hybridized carbons (Fsp3) is 0.192. The van der Waals surface area contributed by atoms with Gasteiger partial charge in [0.2, 0.25) is 0 Å². The van der Waals surface area contributed by atoms with Crippen LogP contribution in [0.4, 0.5) is 5.69 Å². The molecule has 32 heavy (non-hydrogen) atoms. The molecule has 0 saturated carbocycles. The van der Waals surface area contributed by atoms with Gasteiger partial charge in [-0.25, -0.2) is 4.68 Å². The van der Waals surface area contributed by atoms with Crippen molar-refractivity contribution in [1.29, 1.82) is 0 Å². The van der Waals surface area contributed by atoms with E-state index in [1.165, 1.54) is 11.3 Å². The molecule has 0 atom stereocenters. The van der Waals surface area contributed by atoms with E-state index in [9.17, 15) is 0 Å². The number of para-hydroxylation sites is 1. The van der Waals surface area contributed by atoms with Crippen molar-refractivity contribution in [3.63, 3.8) is 0 Å². The summed E-state index contributed by atoms with van der Waals surface area (Å²) >= 11 is 12.8. The van der Waals surface area contributed by atoms with Crippen molar-refractivity contribution in [2.24, 2.45) is 0 Å². The van der Waals surface area contributed by atoms with Gasteiger partial charge in [0.15, 0.2) is 0 Å². The lowest BCUT2D eigenvalue weighted by molar-refractivity contribution is 0.296. The number of nitrogens with zero attached hydrogens (tertiary/aromatic N) is 3. The third-order valence-corrected chi connectivity index (χ3v) is 6.05. The molecule has 0 amide bonds. The van der Waals surface area contributed by atoms with Crippen molar-refractivity contribution in [2.75, 3.05) is 11.9 Å². The number of benzene rings is 3. The molecular weight excluding hydrogens is 441 g/mol. The smallest absolute Gasteiger partial charge is 0.131 e. The van der Waals surface area contributed by atoms with Gasteiger partial charge in [0, 0.05) is 19.3 Å². The Morgan fingerprint density at radius 1 is 0.906 bits per heavy atom. The van der Waals surface area contributed by atoms with Gasteiger partial charge in [-0.05, 0) is 60.9 Å². The summed E-state index contributed by atoms with van der Waals surface area (Å²) in [5, 5.41) is 5.57. The molecule has 1 aromatic heterocycles. The Kier molecular flexibility index (Phi) is 6.73. The Bertz CT molecular complexity index is 1200. The molecule has 0 aliphatic carbocycles. The number of hydrogen-bond acceptors (Lipinski definition) is 3. The van der Waals surface area contributed by atoms with Gasteiger partial charge in [-0.15, -0.1) is 0 Å². The van der Waals surface area contributed by atoms with Gasteiger partial charge in [-0.2, -0.15) is 5.10 Å². The van der Waals surface area contributed by atoms with E-state index in [4.69, 9.17) is 27.9 Å². The van der Waals surface area contributed by atoms with Crippen molar-refractivity contribution < 1.29 is 4.74 Å². The lowest BCUT2D eigenvalue weighted by Gasteiger charge is -2.22. The minimum atomic E-state index is 0.353. The third-order valence-electron chi connectivity index (χ3n) is 5.44. The average molecular weight is 466 g/mol. The van der Waals surface area contributed by atoms with Crippen LogP contribution in [-0.2, 0) is 13.2 Å². The minimum absolute atomic E-state index is 0.353. The normalized spacial score (nSPS) is 10.9. The maximum absolute atomic E-state index is 6.40. The predicted molar refractivity (Wildman–Crippen MR) is 132 cm³/mol. The molecule has 0 saturated heterocycles. The second-order valence-corrected chi connectivity index (χ2v) is 8.65. The molecule has 4 rings (SSSR count). The Hall–Kier alpha value is -2.95. The van der Waals surface area contributed by atoms with Gasteiger partial charge in [0.05, 0.1) is 21.9 Å². The molecule has 1 heterocycles. The fourth-order valence-corrected chi connectivity index (χ4v) is 4.31. The first-order valence-electron chi connectivity index (χ1n) is 10.4. The topological polar surface area (TPSA) is 30.3 Å². The SMILES string of the molecule is Cc1cc(OCc2c(C)cnn2-c2c(Cl)cccc2Cl)ccc1N(C)Cc1ccccc1. The van der Waals surface area contributed by atoms with E-state index in [0.29, 0.717) is 22.3 Å². The zero-order valence-electron chi connectivity index (χ0n) is 18.3. The summed E-state index contributed by atoms with van der Waals surface area (Å²) < 4.78 is 7.90. The third kappa shape index (κ3) is 4.77. The van der Waals surface area contributed by atoms with E-state index in [1.807, 2.05) is 25.1 Å². The van der Waals surface area contributed by atoms with Crippen LogP contribution in [0.25, 0.3) is 5.69 Å². The maximum atomic E-state index is 6.40. The van der Waals surface area contributed by atoms with Crippen molar-refractivity contribution >= 4 is 28.9 Å². The predicted octanol–water partition coefficient (Wildman–Crippen LogP) is 7.01. The number of hydrogen-bond donors (Lipinski definition) is 0. The summed E-state index contributed by atoms with van der Waals surface area (Å²) in [5.74, 6) is 0.803. The van der Waals surface area contributed by atoms with Crippen LogP contribution < -0.4 is 9.64 Å². The monoisotopic (exact) mass is 465 g/mol. The van der Waals surface area contributed by atoms with Crippen LogP contribution in [0.1, 0.15) is 22.4 Å². The highest BCUT2D eigenvalue weighted by Gasteiger charge is 2.16. The number of anilines is 1. The lowest BCUT2D eigenvalue weighted by atomic mass is 10.1. The molecule has 0 aliphatic heterocycles. The van der Waals surface area contributed by atoms with E-state index in [1.54, 1.807) is 23.0 Å². The van der Waals surface area contributed by atoms with E-state index >= 15 is 0 Å². The maximum Gasteiger partial charge on any atom is 0.131 e. The molecule has 164 valence electrons. The summed E-state index contributed by atoms with van der Waals surface area (Å²) in [7, 11) is 2.10. The molecule has 6 heteroatoms. The Balaban J connectivity index is 1.51. The fourth-order valence-electron chi connectivity index (χ4n) is 3.75. The van der Waals surface area contributed by atoms with Gasteiger partial charge < -0.3 is 9.64 Å². The number of ether oxygens (including phenoxy) is 1. The van der Waals surface area contributed by atoms with E-state index in [-0.39, 0.29) is 0 Å². The highest BCUT2D eigenvalue weighted by atomic mass is 35.5. The summed E-state index contributed by atoms with van der Waals surface area (Å²) in [4.78, 5) is 2.24. The molecular formula is C26H25Cl2N3O. The van der Waals surface area contributed by atoms with E-state index < -0.39 is 0 Å². The zero-order valence-corrected chi connectivity index (χ0v) is 19.9. The van der Waals surface area contributed by atoms with Crippen LogP contribution in [0, 0.1) is 13.8 Å². The van der Waals surface area contributed by atoms with Crippen LogP contribution in [0.5, 0.6) is 5.75 Å². The van der Waals surface area contributed by atoms with Crippen molar-refractivity contribution in [1.82, 2.24) is 9.78 Å². The molecule has 4 aromatic rings. The molecule has 0 spiro atoms. The quantitative estimate of drug-likeness (QED) is 0.294. The molecule has 0 fully saturated rings. The van der Waals surface area contributed by atoms with Crippen molar-refractivity contribution in [2.45, 2.75) is 27.0 Å². The average Bonchev–Trinajstić information content (AvgIpc) is 3.13. The van der Waals surface area contributed by atoms with E-state index in [0.717, 1.165) is 29.1 Å². The number of rotatable bonds is 7. The van der Waals surface area contributed by atoms with Gasteiger partial charge >= 0.3 is 0 Å². The summed E-state index contributed by atoms with van der Waals surface area (Å²) in [5.41, 5.74) is 6.18. The van der Waals surface area contributed by atoms with Gasteiger partial charge in [0.25, 0.3) is 0 Å². The molecule has 0 aliphatic rings. The van der Waals surface area contributed by atoms with Gasteiger partial charge in [-0.1, -0.05) is 59.6 Å². The second-order valence-electron chi connectivity index (χ2n) is 7.83. The summed E-state index contributed by atoms with van der Waals surface area (Å²) in [6.07, 6.45) is 1.80. The second kappa shape index (κ2) is 9.68. The number of aryl methyl sites for hydroxylation is 2. The molecule has 0 unspecified atom stereocenters. The summed E-state index contributed by atoms with van der Waals surface area (Å²) in [6.45, 7) is 5.30. The highest BCUT2D eigenvalue weighted by molar-refractivity contribution is 6.37. The highest BCUT2D eigenvalue weighted by Crippen LogP contribution is 2.31. The van der Waals surface area contributed by atoms with Crippen molar-refractivity contribution in [3.8, 4) is 11.4 Å². The number of aromatic nitrogens is 2. The standard InChI is InChI=1S/C26H25Cl2N3O/c1-18-14-21(12-13-24(18)30(3)16-20-8-5-4-6-9-20)32-17-25-19(2)15-29-31(25)26-22(27)10-7-11-23(26)28/h4-15H,16-17H2,1-3H3. The Morgan fingerprint density at radius 3 is 2.31 bits per heavy atom. The van der Waals surface area contributed by atoms with Crippen LogP contribution >= 0.6 is 23.2 Å². The minimum Gasteiger partial charge on any atom is -0.487 e. The Morgan fingerprint density at radius 2 is 1.62 bits per heavy atom. The molecule has 0 bridgehead atoms. The van der Waals surface area contributed by atoms with Crippen LogP contribution in [0.3, 0.4) is 0 Å². The first-order chi connectivity index (χ1) is 15.4. The largest absolute Gasteiger partial charge is 0.487 e. The van der Waals surface area contributed by atoms with Gasteiger partial charge in [0.1, 0.15) is 18.0 Å². The van der Waals surface area contributed by atoms with E-state index in [2.05, 4.69) is 60.4 Å². The number of halogens is 2. The first-order valence-corrected chi connectivity index (χ1v) is 11.2. The first kappa shape index (κ1) is 22.3.